The lowest BCUT2D eigenvalue weighted by molar-refractivity contribution is -0.243. The van der Waals surface area contributed by atoms with Gasteiger partial charge in [-0.15, -0.1) is 0 Å². The van der Waals surface area contributed by atoms with Gasteiger partial charge in [0.05, 0.1) is 0 Å². The predicted molar refractivity (Wildman–Crippen MR) is 66.1 cm³/mol. The van der Waals surface area contributed by atoms with E-state index in [0.717, 1.165) is 56.1 Å². The van der Waals surface area contributed by atoms with E-state index in [9.17, 15) is 4.79 Å². The summed E-state index contributed by atoms with van der Waals surface area (Å²) in [5.74, 6) is 1.11. The Morgan fingerprint density at radius 3 is 2.11 bits per heavy atom. The molecule has 0 saturated carbocycles. The van der Waals surface area contributed by atoms with Gasteiger partial charge in [-0.05, 0) is 37.8 Å². The first-order chi connectivity index (χ1) is 8.78. The lowest BCUT2D eigenvalue weighted by Crippen LogP contribution is -2.23. The highest BCUT2D eigenvalue weighted by molar-refractivity contribution is 5.81. The second-order valence-corrected chi connectivity index (χ2v) is 4.29. The van der Waals surface area contributed by atoms with Gasteiger partial charge in [0.2, 0.25) is 0 Å². The molecule has 0 aliphatic heterocycles. The fraction of sp³-hybridized carbons (Fsp3) is 0.500. The molecule has 0 N–H and O–H groups in total. The Balaban J connectivity index is 1.92. The molecule has 2 rings (SSSR count). The Morgan fingerprint density at radius 2 is 1.72 bits per heavy atom. The molecule has 0 fully saturated rings. The van der Waals surface area contributed by atoms with Gasteiger partial charge < -0.3 is 14.2 Å². The van der Waals surface area contributed by atoms with Gasteiger partial charge in [0, 0.05) is 18.9 Å². The van der Waals surface area contributed by atoms with Gasteiger partial charge in [-0.2, -0.15) is 0 Å². The van der Waals surface area contributed by atoms with Crippen molar-refractivity contribution in [3.05, 3.63) is 36.3 Å². The summed E-state index contributed by atoms with van der Waals surface area (Å²) in [6, 6.07) is 0. The van der Waals surface area contributed by atoms with Gasteiger partial charge in [-0.25, -0.2) is 4.79 Å². The first-order valence-electron chi connectivity index (χ1n) is 6.32. The lowest BCUT2D eigenvalue weighted by Gasteiger charge is -2.20. The molecular formula is C14H18O4. The van der Waals surface area contributed by atoms with Crippen LogP contribution in [0.4, 0.5) is 0 Å². The molecule has 0 spiro atoms. The molecule has 98 valence electrons. The van der Waals surface area contributed by atoms with Gasteiger partial charge in [0.25, 0.3) is 0 Å². The molecule has 18 heavy (non-hydrogen) atoms. The molecule has 0 radical (unpaired) electrons. The number of hydrogen-bond acceptors (Lipinski definition) is 4. The molecule has 0 aromatic rings. The van der Waals surface area contributed by atoms with Crippen LogP contribution in [0.3, 0.4) is 0 Å². The minimum absolute atomic E-state index is 0.544. The molecule has 0 aromatic carbocycles. The van der Waals surface area contributed by atoms with E-state index >= 15 is 0 Å². The van der Waals surface area contributed by atoms with Crippen molar-refractivity contribution in [2.75, 3.05) is 0 Å². The summed E-state index contributed by atoms with van der Waals surface area (Å²) in [5.41, 5.74) is 0. The Bertz CT molecular complexity index is 355. The zero-order chi connectivity index (χ0) is 12.8. The van der Waals surface area contributed by atoms with Crippen molar-refractivity contribution in [2.45, 2.75) is 45.0 Å². The molecule has 0 unspecified atom stereocenters. The fourth-order valence-electron chi connectivity index (χ4n) is 1.96. The molecule has 0 bridgehead atoms. The Labute approximate surface area is 107 Å². The van der Waals surface area contributed by atoms with Crippen LogP contribution in [-0.2, 0) is 19.0 Å². The van der Waals surface area contributed by atoms with Gasteiger partial charge in [0.15, 0.2) is 0 Å². The van der Waals surface area contributed by atoms with Crippen LogP contribution in [0, 0.1) is 0 Å². The van der Waals surface area contributed by atoms with Crippen LogP contribution in [0.2, 0.25) is 0 Å². The molecule has 4 heteroatoms. The maximum atomic E-state index is 11.2. The molecular weight excluding hydrogens is 232 g/mol. The number of hydrogen-bond donors (Lipinski definition) is 0. The van der Waals surface area contributed by atoms with Gasteiger partial charge in [0.1, 0.15) is 11.5 Å². The largest absolute Gasteiger partial charge is 0.428 e. The van der Waals surface area contributed by atoms with Gasteiger partial charge in [-0.1, -0.05) is 6.58 Å². The topological polar surface area (TPSA) is 44.8 Å². The molecule has 0 atom stereocenters. The average Bonchev–Trinajstić information content (AvgIpc) is 3.02. The van der Waals surface area contributed by atoms with Crippen molar-refractivity contribution in [3.8, 4) is 0 Å². The van der Waals surface area contributed by atoms with E-state index < -0.39 is 12.4 Å². The third kappa shape index (κ3) is 3.65. The first-order valence-corrected chi connectivity index (χ1v) is 6.32. The molecule has 2 aliphatic rings. The average molecular weight is 250 g/mol. The minimum Gasteiger partial charge on any atom is -0.428 e. The predicted octanol–water partition coefficient (Wildman–Crippen LogP) is 3.17. The van der Waals surface area contributed by atoms with Crippen molar-refractivity contribution in [2.24, 2.45) is 0 Å². The molecule has 2 aliphatic carbocycles. The standard InChI is InChI=1S/C14H18O4/c1-2-13(15)18-14(16-11-7-3-4-8-11)17-12-9-5-6-10-12/h2,7,9,14H,1,3-6,8,10H2. The third-order valence-electron chi connectivity index (χ3n) is 2.87. The molecule has 4 nitrogen and oxygen atoms in total. The number of carbonyl (C=O) groups excluding carboxylic acids is 1. The van der Waals surface area contributed by atoms with E-state index in [0.29, 0.717) is 0 Å². The quantitative estimate of drug-likeness (QED) is 0.412. The van der Waals surface area contributed by atoms with E-state index in [1.807, 2.05) is 12.2 Å². The normalized spacial score (nSPS) is 18.3. The van der Waals surface area contributed by atoms with Gasteiger partial charge >= 0.3 is 12.4 Å². The minimum atomic E-state index is -0.996. The summed E-state index contributed by atoms with van der Waals surface area (Å²) in [6.45, 7) is 2.37. The highest BCUT2D eigenvalue weighted by atomic mass is 16.9. The Hall–Kier alpha value is -1.71. The molecule has 0 aromatic heterocycles. The van der Waals surface area contributed by atoms with E-state index in [4.69, 9.17) is 14.2 Å². The van der Waals surface area contributed by atoms with Crippen molar-refractivity contribution >= 4 is 5.97 Å². The van der Waals surface area contributed by atoms with Crippen molar-refractivity contribution in [1.29, 1.82) is 0 Å². The molecule has 0 saturated heterocycles. The van der Waals surface area contributed by atoms with Crippen molar-refractivity contribution < 1.29 is 19.0 Å². The van der Waals surface area contributed by atoms with Crippen molar-refractivity contribution in [3.63, 3.8) is 0 Å². The van der Waals surface area contributed by atoms with Crippen LogP contribution in [0.5, 0.6) is 0 Å². The maximum Gasteiger partial charge on any atom is 0.408 e. The smallest absolute Gasteiger partial charge is 0.408 e. The zero-order valence-corrected chi connectivity index (χ0v) is 10.4. The van der Waals surface area contributed by atoms with Crippen molar-refractivity contribution in [1.82, 2.24) is 0 Å². The highest BCUT2D eigenvalue weighted by Crippen LogP contribution is 2.25. The van der Waals surface area contributed by atoms with E-state index in [-0.39, 0.29) is 0 Å². The summed E-state index contributed by atoms with van der Waals surface area (Å²) < 4.78 is 16.1. The van der Waals surface area contributed by atoms with Crippen LogP contribution >= 0.6 is 0 Å². The first kappa shape index (κ1) is 12.7. The van der Waals surface area contributed by atoms with Crippen LogP contribution in [-0.4, -0.2) is 12.4 Å². The SMILES string of the molecule is C=CC(=O)OC(OC1=CCCC1)OC1=CCCC1. The number of rotatable bonds is 6. The molecule has 0 heterocycles. The summed E-state index contributed by atoms with van der Waals surface area (Å²) in [4.78, 5) is 11.2. The summed E-state index contributed by atoms with van der Waals surface area (Å²) in [6.07, 6.45) is 11.0. The number of esters is 1. The summed E-state index contributed by atoms with van der Waals surface area (Å²) in [5, 5.41) is 0. The van der Waals surface area contributed by atoms with Crippen LogP contribution in [0.15, 0.2) is 36.3 Å². The fourth-order valence-corrected chi connectivity index (χ4v) is 1.96. The summed E-state index contributed by atoms with van der Waals surface area (Å²) in [7, 11) is 0. The number of carbonyl (C=O) groups is 1. The third-order valence-corrected chi connectivity index (χ3v) is 2.87. The Morgan fingerprint density at radius 1 is 1.17 bits per heavy atom. The second kappa shape index (κ2) is 6.28. The van der Waals surface area contributed by atoms with Gasteiger partial charge in [-0.3, -0.25) is 0 Å². The monoisotopic (exact) mass is 250 g/mol. The van der Waals surface area contributed by atoms with E-state index in [1.54, 1.807) is 0 Å². The van der Waals surface area contributed by atoms with Crippen LogP contribution in [0.1, 0.15) is 38.5 Å². The lowest BCUT2D eigenvalue weighted by atomic mass is 10.4. The second-order valence-electron chi connectivity index (χ2n) is 4.29. The highest BCUT2D eigenvalue weighted by Gasteiger charge is 2.21. The van der Waals surface area contributed by atoms with Crippen LogP contribution in [0.25, 0.3) is 0 Å². The number of allylic oxidation sites excluding steroid dienone is 4. The zero-order valence-electron chi connectivity index (χ0n) is 10.4. The summed E-state index contributed by atoms with van der Waals surface area (Å²) >= 11 is 0. The maximum absolute atomic E-state index is 11.2. The molecule has 0 amide bonds. The van der Waals surface area contributed by atoms with E-state index in [1.165, 1.54) is 0 Å². The van der Waals surface area contributed by atoms with Crippen LogP contribution < -0.4 is 0 Å². The number of ether oxygens (including phenoxy) is 3. The van der Waals surface area contributed by atoms with E-state index in [2.05, 4.69) is 6.58 Å². The Kier molecular flexibility index (Phi) is 4.45.